The number of nitrogens with one attached hydrogen (secondary N) is 3. The molecule has 0 amide bonds. The fraction of sp³-hybridized carbons (Fsp3) is 0.0667. The molecular weight excluding hydrogens is 266 g/mol. The Bertz CT molecular complexity index is 927. The Morgan fingerprint density at radius 3 is 2.95 bits per heavy atom. The molecule has 4 heterocycles. The first-order chi connectivity index (χ1) is 10.3. The lowest BCUT2D eigenvalue weighted by atomic mass is 10.1. The molecule has 0 bridgehead atoms. The van der Waals surface area contributed by atoms with E-state index in [0.717, 1.165) is 39.4 Å². The molecule has 0 unspecified atom stereocenters. The second kappa shape index (κ2) is 4.60. The average Bonchev–Trinajstić information content (AvgIpc) is 2.92. The predicted octanol–water partition coefficient (Wildman–Crippen LogP) is 0.548. The molecule has 4 N–H and O–H groups in total. The number of nitrogens with zero attached hydrogens (tertiary/aromatic N) is 2. The van der Waals surface area contributed by atoms with Crippen LogP contribution in [0.3, 0.4) is 0 Å². The maximum Gasteiger partial charge on any atom is 0.149 e. The van der Waals surface area contributed by atoms with Gasteiger partial charge in [-0.2, -0.15) is 0 Å². The van der Waals surface area contributed by atoms with Gasteiger partial charge >= 0.3 is 0 Å². The van der Waals surface area contributed by atoms with E-state index in [4.69, 9.17) is 5.21 Å². The molecule has 1 aliphatic heterocycles. The van der Waals surface area contributed by atoms with E-state index in [2.05, 4.69) is 32.4 Å². The van der Waals surface area contributed by atoms with Crippen LogP contribution in [0.5, 0.6) is 0 Å². The van der Waals surface area contributed by atoms with Gasteiger partial charge in [0.05, 0.1) is 5.69 Å². The van der Waals surface area contributed by atoms with Crippen LogP contribution in [0.15, 0.2) is 30.5 Å². The highest BCUT2D eigenvalue weighted by atomic mass is 16.5. The summed E-state index contributed by atoms with van der Waals surface area (Å²) >= 11 is 0. The zero-order valence-electron chi connectivity index (χ0n) is 11.1. The normalized spacial score (nSPS) is 13.0. The first kappa shape index (κ1) is 11.9. The summed E-state index contributed by atoms with van der Waals surface area (Å²) < 4.78 is 0. The molecule has 104 valence electrons. The van der Waals surface area contributed by atoms with Crippen LogP contribution >= 0.6 is 0 Å². The topological polar surface area (TPSA) is 85.9 Å². The highest BCUT2D eigenvalue weighted by Crippen LogP contribution is 2.19. The largest absolute Gasteiger partial charge is 0.387 e. The summed E-state index contributed by atoms with van der Waals surface area (Å²) in [5.41, 5.74) is 4.61. The molecule has 1 aliphatic rings. The van der Waals surface area contributed by atoms with Crippen LogP contribution in [0.4, 0.5) is 5.82 Å². The smallest absolute Gasteiger partial charge is 0.149 e. The third-order valence-electron chi connectivity index (χ3n) is 3.57. The predicted molar refractivity (Wildman–Crippen MR) is 80.9 cm³/mol. The fourth-order valence-electron chi connectivity index (χ4n) is 2.52. The van der Waals surface area contributed by atoms with Crippen molar-refractivity contribution in [2.75, 3.05) is 12.0 Å². The summed E-state index contributed by atoms with van der Waals surface area (Å²) in [7, 11) is 0. The van der Waals surface area contributed by atoms with Gasteiger partial charge in [0.1, 0.15) is 11.5 Å². The van der Waals surface area contributed by atoms with Gasteiger partial charge in [-0.05, 0) is 30.3 Å². The average molecular weight is 279 g/mol. The lowest BCUT2D eigenvalue weighted by Gasteiger charge is -2.02. The van der Waals surface area contributed by atoms with E-state index in [0.29, 0.717) is 5.82 Å². The maximum atomic E-state index is 8.79. The highest BCUT2D eigenvalue weighted by molar-refractivity contribution is 5.81. The summed E-state index contributed by atoms with van der Waals surface area (Å²) in [6, 6.07) is 7.60. The molecule has 0 radical (unpaired) electrons. The Labute approximate surface area is 119 Å². The van der Waals surface area contributed by atoms with E-state index in [-0.39, 0.29) is 0 Å². The number of H-pyrrole nitrogens is 1. The third-order valence-corrected chi connectivity index (χ3v) is 3.57. The number of fused-ring (bicyclic) bond motifs is 3. The molecule has 6 heteroatoms. The molecule has 21 heavy (non-hydrogen) atoms. The Kier molecular flexibility index (Phi) is 2.61. The number of hydrogen-bond donors (Lipinski definition) is 4. The number of rotatable bonds is 2. The monoisotopic (exact) mass is 279 g/mol. The fourth-order valence-corrected chi connectivity index (χ4v) is 2.52. The van der Waals surface area contributed by atoms with Crippen molar-refractivity contribution in [2.24, 2.45) is 0 Å². The molecule has 3 aromatic rings. The number of hydrogen-bond acceptors (Lipinski definition) is 5. The molecule has 0 saturated heterocycles. The maximum absolute atomic E-state index is 8.79. The van der Waals surface area contributed by atoms with E-state index < -0.39 is 0 Å². The number of pyridine rings is 2. The molecule has 0 aliphatic carbocycles. The summed E-state index contributed by atoms with van der Waals surface area (Å²) in [6.07, 6.45) is 5.80. The summed E-state index contributed by atoms with van der Waals surface area (Å²) in [6.45, 7) is 0.826. The summed E-state index contributed by atoms with van der Waals surface area (Å²) in [4.78, 5) is 12.1. The Morgan fingerprint density at radius 1 is 1.19 bits per heavy atom. The van der Waals surface area contributed by atoms with Gasteiger partial charge in [-0.15, -0.1) is 0 Å². The van der Waals surface area contributed by atoms with Gasteiger partial charge in [-0.25, -0.2) is 9.97 Å². The number of aromatic amines is 1. The number of anilines is 1. The molecule has 4 rings (SSSR count). The van der Waals surface area contributed by atoms with E-state index >= 15 is 0 Å². The molecule has 6 nitrogen and oxygen atoms in total. The second-order valence-corrected chi connectivity index (χ2v) is 4.85. The molecule has 0 atom stereocenters. The van der Waals surface area contributed by atoms with Gasteiger partial charge in [0.2, 0.25) is 0 Å². The van der Waals surface area contributed by atoms with Crippen molar-refractivity contribution in [2.45, 2.75) is 0 Å². The Hall–Kier alpha value is -2.86. The van der Waals surface area contributed by atoms with Crippen LogP contribution in [0.25, 0.3) is 34.6 Å². The molecule has 0 fully saturated rings. The van der Waals surface area contributed by atoms with Crippen molar-refractivity contribution in [1.29, 1.82) is 0 Å². The molecular formula is C15H13N5O. The minimum absolute atomic E-state index is 0.408. The van der Waals surface area contributed by atoms with Crippen molar-refractivity contribution in [1.82, 2.24) is 20.3 Å². The first-order valence-corrected chi connectivity index (χ1v) is 6.64. The lowest BCUT2D eigenvalue weighted by molar-refractivity contribution is 0.386. The second-order valence-electron chi connectivity index (χ2n) is 4.85. The molecule has 0 spiro atoms. The standard InChI is InChI=1S/C15H13N5O/c21-20-14-4-1-9(7-17-14)12-3-2-10-11-8-16-6-5-13(11)19-15(10)18-12/h1-5,7-8,16,21H,6H2,(H,17,20)(H,18,19). The Balaban J connectivity index is 1.87. The van der Waals surface area contributed by atoms with E-state index in [1.807, 2.05) is 23.8 Å². The van der Waals surface area contributed by atoms with Gasteiger partial charge in [0, 0.05) is 40.5 Å². The van der Waals surface area contributed by atoms with Crippen LogP contribution in [0, 0.1) is 0 Å². The van der Waals surface area contributed by atoms with Crippen LogP contribution in [0.2, 0.25) is 0 Å². The minimum Gasteiger partial charge on any atom is -0.387 e. The van der Waals surface area contributed by atoms with Gasteiger partial charge in [-0.3, -0.25) is 10.7 Å². The van der Waals surface area contributed by atoms with E-state index in [1.54, 1.807) is 12.3 Å². The zero-order valence-corrected chi connectivity index (χ0v) is 11.1. The van der Waals surface area contributed by atoms with E-state index in [9.17, 15) is 0 Å². The SMILES string of the molecule is ONc1ccc(-c2ccc3c4c([nH]c3n2)=CCNC=4)cn1. The lowest BCUT2D eigenvalue weighted by Crippen LogP contribution is -2.31. The van der Waals surface area contributed by atoms with Crippen molar-refractivity contribution in [3.8, 4) is 11.3 Å². The Morgan fingerprint density at radius 2 is 2.14 bits per heavy atom. The van der Waals surface area contributed by atoms with Crippen molar-refractivity contribution in [3.63, 3.8) is 0 Å². The van der Waals surface area contributed by atoms with Crippen molar-refractivity contribution >= 4 is 29.1 Å². The van der Waals surface area contributed by atoms with E-state index in [1.165, 1.54) is 0 Å². The van der Waals surface area contributed by atoms with Gasteiger partial charge < -0.3 is 10.3 Å². The summed E-state index contributed by atoms with van der Waals surface area (Å²) in [5, 5.41) is 15.3. The van der Waals surface area contributed by atoms with Crippen LogP contribution in [-0.4, -0.2) is 26.7 Å². The quantitative estimate of drug-likeness (QED) is 0.515. The molecule has 0 aromatic carbocycles. The van der Waals surface area contributed by atoms with Gasteiger partial charge in [0.25, 0.3) is 0 Å². The van der Waals surface area contributed by atoms with Crippen molar-refractivity contribution < 1.29 is 5.21 Å². The third kappa shape index (κ3) is 1.93. The van der Waals surface area contributed by atoms with Crippen LogP contribution in [0.1, 0.15) is 0 Å². The van der Waals surface area contributed by atoms with Crippen LogP contribution in [-0.2, 0) is 0 Å². The summed E-state index contributed by atoms with van der Waals surface area (Å²) in [5.74, 6) is 0.408. The van der Waals surface area contributed by atoms with Gasteiger partial charge in [0.15, 0.2) is 0 Å². The van der Waals surface area contributed by atoms with Crippen LogP contribution < -0.4 is 21.4 Å². The molecule has 0 saturated carbocycles. The zero-order chi connectivity index (χ0) is 14.2. The first-order valence-electron chi connectivity index (χ1n) is 6.64. The number of aromatic nitrogens is 3. The van der Waals surface area contributed by atoms with Gasteiger partial charge in [-0.1, -0.05) is 0 Å². The minimum atomic E-state index is 0.408. The molecule has 3 aromatic heterocycles. The highest BCUT2D eigenvalue weighted by Gasteiger charge is 2.07. The van der Waals surface area contributed by atoms with Crippen molar-refractivity contribution in [3.05, 3.63) is 41.0 Å².